The van der Waals surface area contributed by atoms with E-state index in [0.29, 0.717) is 18.4 Å². The molecule has 1 aliphatic rings. The molecule has 1 aliphatic carbocycles. The van der Waals surface area contributed by atoms with Crippen LogP contribution in [0.25, 0.3) is 0 Å². The normalized spacial score (nSPS) is 27.8. The quantitative estimate of drug-likeness (QED) is 0.734. The van der Waals surface area contributed by atoms with Gasteiger partial charge in [-0.2, -0.15) is 0 Å². The predicted molar refractivity (Wildman–Crippen MR) is 53.6 cm³/mol. The first-order valence-electron chi connectivity index (χ1n) is 5.06. The van der Waals surface area contributed by atoms with Gasteiger partial charge in [0.1, 0.15) is 0 Å². The van der Waals surface area contributed by atoms with E-state index in [2.05, 4.69) is 30.3 Å². The molecule has 13 heavy (non-hydrogen) atoms. The summed E-state index contributed by atoms with van der Waals surface area (Å²) in [6.07, 6.45) is 3.60. The zero-order valence-electron chi connectivity index (χ0n) is 7.82. The molecule has 2 atom stereocenters. The molecule has 1 saturated carbocycles. The lowest BCUT2D eigenvalue weighted by Gasteiger charge is -2.09. The van der Waals surface area contributed by atoms with Gasteiger partial charge in [-0.1, -0.05) is 30.3 Å². The zero-order chi connectivity index (χ0) is 9.10. The molecule has 0 spiro atoms. The van der Waals surface area contributed by atoms with Crippen LogP contribution in [0.1, 0.15) is 30.7 Å². The van der Waals surface area contributed by atoms with Gasteiger partial charge in [0.15, 0.2) is 0 Å². The third kappa shape index (κ3) is 1.92. The second-order valence-electron chi connectivity index (χ2n) is 3.97. The average Bonchev–Trinajstić information content (AvgIpc) is 2.67. The molecular weight excluding hydrogens is 160 g/mol. The summed E-state index contributed by atoms with van der Waals surface area (Å²) in [5.74, 6) is 1.24. The molecule has 0 saturated heterocycles. The molecule has 1 unspecified atom stereocenters. The molecule has 0 radical (unpaired) electrons. The van der Waals surface area contributed by atoms with Crippen molar-refractivity contribution in [2.45, 2.75) is 25.2 Å². The Labute approximate surface area is 79.4 Å². The van der Waals surface area contributed by atoms with Crippen molar-refractivity contribution in [2.24, 2.45) is 5.92 Å². The van der Waals surface area contributed by atoms with Crippen molar-refractivity contribution in [1.29, 1.82) is 0 Å². The van der Waals surface area contributed by atoms with Crippen molar-refractivity contribution < 1.29 is 5.11 Å². The first kappa shape index (κ1) is 8.76. The molecule has 1 aromatic carbocycles. The van der Waals surface area contributed by atoms with Crippen LogP contribution in [0.15, 0.2) is 30.3 Å². The SMILES string of the molecule is OCC1CC[C@H](c2ccccc2)C1. The first-order chi connectivity index (χ1) is 6.40. The van der Waals surface area contributed by atoms with E-state index in [1.807, 2.05) is 0 Å². The van der Waals surface area contributed by atoms with Crippen molar-refractivity contribution in [3.8, 4) is 0 Å². The molecule has 0 amide bonds. The van der Waals surface area contributed by atoms with Gasteiger partial charge in [-0.15, -0.1) is 0 Å². The number of hydrogen-bond donors (Lipinski definition) is 1. The summed E-state index contributed by atoms with van der Waals surface area (Å²) >= 11 is 0. The van der Waals surface area contributed by atoms with Gasteiger partial charge in [0.25, 0.3) is 0 Å². The molecule has 0 bridgehead atoms. The molecule has 1 nitrogen and oxygen atoms in total. The second kappa shape index (κ2) is 3.93. The summed E-state index contributed by atoms with van der Waals surface area (Å²) in [6, 6.07) is 10.7. The fourth-order valence-corrected chi connectivity index (χ4v) is 2.27. The highest BCUT2D eigenvalue weighted by molar-refractivity contribution is 5.20. The van der Waals surface area contributed by atoms with E-state index in [0.717, 1.165) is 0 Å². The van der Waals surface area contributed by atoms with Crippen LogP contribution in [-0.2, 0) is 0 Å². The monoisotopic (exact) mass is 176 g/mol. The Morgan fingerprint density at radius 2 is 1.92 bits per heavy atom. The molecule has 70 valence electrons. The minimum absolute atomic E-state index is 0.364. The van der Waals surface area contributed by atoms with Gasteiger partial charge in [-0.25, -0.2) is 0 Å². The highest BCUT2D eigenvalue weighted by Gasteiger charge is 2.24. The third-order valence-electron chi connectivity index (χ3n) is 3.07. The average molecular weight is 176 g/mol. The van der Waals surface area contributed by atoms with Gasteiger partial charge in [0.05, 0.1) is 0 Å². The largest absolute Gasteiger partial charge is 0.396 e. The van der Waals surface area contributed by atoms with Crippen LogP contribution in [0.4, 0.5) is 0 Å². The number of rotatable bonds is 2. The van der Waals surface area contributed by atoms with Crippen molar-refractivity contribution in [2.75, 3.05) is 6.61 Å². The van der Waals surface area contributed by atoms with Gasteiger partial charge in [0.2, 0.25) is 0 Å². The van der Waals surface area contributed by atoms with Crippen LogP contribution in [0.5, 0.6) is 0 Å². The summed E-state index contributed by atoms with van der Waals surface area (Å²) in [4.78, 5) is 0. The van der Waals surface area contributed by atoms with Crippen molar-refractivity contribution in [3.05, 3.63) is 35.9 Å². The molecule has 1 aromatic rings. The van der Waals surface area contributed by atoms with E-state index in [1.165, 1.54) is 24.8 Å². The molecular formula is C12H16O. The fourth-order valence-electron chi connectivity index (χ4n) is 2.27. The summed E-state index contributed by atoms with van der Waals surface area (Å²) in [7, 11) is 0. The molecule has 1 heteroatoms. The van der Waals surface area contributed by atoms with Gasteiger partial charge in [-0.3, -0.25) is 0 Å². The first-order valence-corrected chi connectivity index (χ1v) is 5.06. The maximum atomic E-state index is 9.03. The minimum Gasteiger partial charge on any atom is -0.396 e. The van der Waals surface area contributed by atoms with E-state index in [1.54, 1.807) is 0 Å². The number of hydrogen-bond acceptors (Lipinski definition) is 1. The highest BCUT2D eigenvalue weighted by Crippen LogP contribution is 2.37. The van der Waals surface area contributed by atoms with Crippen LogP contribution in [0, 0.1) is 5.92 Å². The summed E-state index contributed by atoms with van der Waals surface area (Å²) in [5.41, 5.74) is 1.44. The van der Waals surface area contributed by atoms with Gasteiger partial charge in [-0.05, 0) is 36.7 Å². The molecule has 0 aromatic heterocycles. The maximum absolute atomic E-state index is 9.03. The lowest BCUT2D eigenvalue weighted by molar-refractivity contribution is 0.229. The molecule has 0 heterocycles. The summed E-state index contributed by atoms with van der Waals surface area (Å²) in [5, 5.41) is 9.03. The smallest absolute Gasteiger partial charge is 0.0459 e. The van der Waals surface area contributed by atoms with Gasteiger partial charge >= 0.3 is 0 Å². The van der Waals surface area contributed by atoms with Crippen molar-refractivity contribution >= 4 is 0 Å². The Morgan fingerprint density at radius 1 is 1.15 bits per heavy atom. The third-order valence-corrected chi connectivity index (χ3v) is 3.07. The van der Waals surface area contributed by atoms with E-state index >= 15 is 0 Å². The highest BCUT2D eigenvalue weighted by atomic mass is 16.3. The second-order valence-corrected chi connectivity index (χ2v) is 3.97. The van der Waals surface area contributed by atoms with Crippen molar-refractivity contribution in [1.82, 2.24) is 0 Å². The summed E-state index contributed by atoms with van der Waals surface area (Å²) < 4.78 is 0. The van der Waals surface area contributed by atoms with Gasteiger partial charge in [0, 0.05) is 6.61 Å². The Balaban J connectivity index is 2.04. The zero-order valence-corrected chi connectivity index (χ0v) is 7.82. The molecule has 1 fully saturated rings. The fraction of sp³-hybridized carbons (Fsp3) is 0.500. The van der Waals surface area contributed by atoms with E-state index in [-0.39, 0.29) is 0 Å². The molecule has 0 aliphatic heterocycles. The van der Waals surface area contributed by atoms with Crippen LogP contribution in [0.2, 0.25) is 0 Å². The number of aliphatic hydroxyl groups is 1. The van der Waals surface area contributed by atoms with Crippen LogP contribution in [-0.4, -0.2) is 11.7 Å². The van der Waals surface area contributed by atoms with Crippen LogP contribution >= 0.6 is 0 Å². The lowest BCUT2D eigenvalue weighted by atomic mass is 9.97. The lowest BCUT2D eigenvalue weighted by Crippen LogP contribution is -2.00. The number of aliphatic hydroxyl groups excluding tert-OH is 1. The van der Waals surface area contributed by atoms with Crippen LogP contribution in [0.3, 0.4) is 0 Å². The van der Waals surface area contributed by atoms with Crippen molar-refractivity contribution in [3.63, 3.8) is 0 Å². The Kier molecular flexibility index (Phi) is 2.65. The maximum Gasteiger partial charge on any atom is 0.0459 e. The van der Waals surface area contributed by atoms with E-state index < -0.39 is 0 Å². The Morgan fingerprint density at radius 3 is 2.54 bits per heavy atom. The topological polar surface area (TPSA) is 20.2 Å². The van der Waals surface area contributed by atoms with E-state index in [4.69, 9.17) is 5.11 Å². The molecule has 1 N–H and O–H groups in total. The summed E-state index contributed by atoms with van der Waals surface area (Å²) in [6.45, 7) is 0.364. The predicted octanol–water partition coefficient (Wildman–Crippen LogP) is 2.56. The Hall–Kier alpha value is -0.820. The van der Waals surface area contributed by atoms with Gasteiger partial charge < -0.3 is 5.11 Å². The van der Waals surface area contributed by atoms with Crippen LogP contribution < -0.4 is 0 Å². The molecule has 2 rings (SSSR count). The number of benzene rings is 1. The minimum atomic E-state index is 0.364. The Bertz CT molecular complexity index is 255. The van der Waals surface area contributed by atoms with E-state index in [9.17, 15) is 0 Å². The standard InChI is InChI=1S/C12H16O/c13-9-10-6-7-12(8-10)11-4-2-1-3-5-11/h1-5,10,12-13H,6-9H2/t10?,12-/m0/s1.